The van der Waals surface area contributed by atoms with Crippen molar-refractivity contribution < 1.29 is 0 Å². The zero-order valence-corrected chi connectivity index (χ0v) is 17.8. The number of hydrogen-bond acceptors (Lipinski definition) is 0. The lowest BCUT2D eigenvalue weighted by atomic mass is 10.0. The highest BCUT2D eigenvalue weighted by Gasteiger charge is 2.37. The van der Waals surface area contributed by atoms with Crippen LogP contribution >= 0.6 is 0 Å². The Morgan fingerprint density at radius 3 is 1.73 bits per heavy atom. The van der Waals surface area contributed by atoms with Crippen LogP contribution in [0.2, 0.25) is 43.3 Å². The van der Waals surface area contributed by atoms with Crippen molar-refractivity contribution in [2.45, 2.75) is 114 Å². The smallest absolute Gasteiger partial charge is 0.0777 e. The molecule has 0 amide bonds. The molecule has 2 saturated carbocycles. The summed E-state index contributed by atoms with van der Waals surface area (Å²) >= 11 is 0. The average Bonchev–Trinajstić information content (AvgIpc) is 2.54. The molecular formula is C20H40Si2. The highest BCUT2D eigenvalue weighted by Crippen LogP contribution is 2.44. The third kappa shape index (κ3) is 4.60. The minimum absolute atomic E-state index is 1.03. The van der Waals surface area contributed by atoms with Crippen molar-refractivity contribution in [1.29, 1.82) is 0 Å². The van der Waals surface area contributed by atoms with Crippen LogP contribution in [0, 0.1) is 0 Å². The molecule has 0 radical (unpaired) electrons. The van der Waals surface area contributed by atoms with E-state index in [9.17, 15) is 0 Å². The minimum atomic E-state index is -1.23. The maximum absolute atomic E-state index is 4.63. The summed E-state index contributed by atoms with van der Waals surface area (Å²) in [5.41, 5.74) is 2.14. The fourth-order valence-corrected chi connectivity index (χ4v) is 11.8. The maximum Gasteiger partial charge on any atom is 0.0777 e. The molecular weight excluding hydrogens is 296 g/mol. The van der Waals surface area contributed by atoms with Crippen molar-refractivity contribution in [3.05, 3.63) is 11.8 Å². The van der Waals surface area contributed by atoms with E-state index in [0.29, 0.717) is 0 Å². The average molecular weight is 337 g/mol. The van der Waals surface area contributed by atoms with Crippen LogP contribution in [0.4, 0.5) is 0 Å². The first-order valence-electron chi connectivity index (χ1n) is 10.0. The Labute approximate surface area is 142 Å². The lowest BCUT2D eigenvalue weighted by Crippen LogP contribution is -2.38. The first-order valence-corrected chi connectivity index (χ1v) is 16.4. The molecule has 128 valence electrons. The second kappa shape index (κ2) is 7.83. The largest absolute Gasteiger partial charge is 0.104 e. The van der Waals surface area contributed by atoms with Gasteiger partial charge in [-0.3, -0.25) is 0 Å². The van der Waals surface area contributed by atoms with E-state index in [4.69, 9.17) is 0 Å². The molecule has 0 bridgehead atoms. The highest BCUT2D eigenvalue weighted by molar-refractivity contribution is 6.86. The first-order chi connectivity index (χ1) is 10.3. The third-order valence-electron chi connectivity index (χ3n) is 7.32. The summed E-state index contributed by atoms with van der Waals surface area (Å²) in [4.78, 5) is 0. The molecule has 0 atom stereocenters. The van der Waals surface area contributed by atoms with E-state index in [-0.39, 0.29) is 0 Å². The molecule has 0 aromatic carbocycles. The van der Waals surface area contributed by atoms with Gasteiger partial charge in [0, 0.05) is 0 Å². The van der Waals surface area contributed by atoms with Gasteiger partial charge in [-0.25, -0.2) is 0 Å². The molecule has 2 fully saturated rings. The highest BCUT2D eigenvalue weighted by atomic mass is 28.3. The first kappa shape index (κ1) is 18.5. The van der Waals surface area contributed by atoms with Crippen molar-refractivity contribution in [1.82, 2.24) is 0 Å². The van der Waals surface area contributed by atoms with Crippen LogP contribution in [0.25, 0.3) is 0 Å². The van der Waals surface area contributed by atoms with Crippen LogP contribution in [-0.2, 0) is 0 Å². The molecule has 2 heteroatoms. The van der Waals surface area contributed by atoms with Gasteiger partial charge in [-0.05, 0) is 17.5 Å². The molecule has 0 aliphatic heterocycles. The van der Waals surface area contributed by atoms with Crippen molar-refractivity contribution in [3.8, 4) is 0 Å². The molecule has 0 unspecified atom stereocenters. The molecule has 0 saturated heterocycles. The van der Waals surface area contributed by atoms with E-state index in [2.05, 4.69) is 32.8 Å². The van der Waals surface area contributed by atoms with E-state index >= 15 is 0 Å². The van der Waals surface area contributed by atoms with Gasteiger partial charge in [0.2, 0.25) is 0 Å². The Bertz CT molecular complexity index is 358. The molecule has 2 aliphatic rings. The molecule has 22 heavy (non-hydrogen) atoms. The summed E-state index contributed by atoms with van der Waals surface area (Å²) in [5, 5.41) is 1.70. The number of allylic oxidation sites excluding steroid dienone is 1. The van der Waals surface area contributed by atoms with Crippen LogP contribution < -0.4 is 0 Å². The van der Waals surface area contributed by atoms with Gasteiger partial charge in [0.15, 0.2) is 0 Å². The van der Waals surface area contributed by atoms with Gasteiger partial charge in [-0.2, -0.15) is 0 Å². The molecule has 2 aliphatic carbocycles. The van der Waals surface area contributed by atoms with Crippen molar-refractivity contribution in [2.24, 2.45) is 0 Å². The van der Waals surface area contributed by atoms with Crippen LogP contribution in [0.1, 0.15) is 70.6 Å². The van der Waals surface area contributed by atoms with E-state index in [1.54, 1.807) is 5.20 Å². The van der Waals surface area contributed by atoms with Gasteiger partial charge in [0.05, 0.1) is 16.1 Å². The summed E-state index contributed by atoms with van der Waals surface area (Å²) in [6, 6.07) is 1.51. The minimum Gasteiger partial charge on any atom is -0.104 e. The third-order valence-corrected chi connectivity index (χ3v) is 16.3. The lowest BCUT2D eigenvalue weighted by Gasteiger charge is -2.39. The van der Waals surface area contributed by atoms with E-state index in [1.807, 2.05) is 0 Å². The van der Waals surface area contributed by atoms with Gasteiger partial charge in [0.1, 0.15) is 0 Å². The van der Waals surface area contributed by atoms with Gasteiger partial charge >= 0.3 is 0 Å². The molecule has 2 rings (SSSR count). The monoisotopic (exact) mass is 336 g/mol. The zero-order valence-electron chi connectivity index (χ0n) is 15.8. The summed E-state index contributed by atoms with van der Waals surface area (Å²) in [5.74, 6) is 0. The molecule has 0 aromatic rings. The second-order valence-electron chi connectivity index (χ2n) is 9.48. The Kier molecular flexibility index (Phi) is 6.59. The summed E-state index contributed by atoms with van der Waals surface area (Å²) < 4.78 is 0. The standard InChI is InChI=1S/C20H40Si2/c1-18(22(4,5)20-14-10-7-11-15-20)16-17-21(2,3)19-12-8-6-9-13-19/h19-20H,1,6-17H2,2-5H3. The van der Waals surface area contributed by atoms with Crippen molar-refractivity contribution >= 4 is 16.1 Å². The van der Waals surface area contributed by atoms with E-state index < -0.39 is 16.1 Å². The normalized spacial score (nSPS) is 22.7. The van der Waals surface area contributed by atoms with Crippen LogP contribution in [0.3, 0.4) is 0 Å². The Hall–Kier alpha value is 0.174. The summed E-state index contributed by atoms with van der Waals surface area (Å²) in [6.45, 7) is 15.2. The Balaban J connectivity index is 1.87. The van der Waals surface area contributed by atoms with Crippen molar-refractivity contribution in [2.75, 3.05) is 0 Å². The van der Waals surface area contributed by atoms with Gasteiger partial charge in [-0.1, -0.05) is 102 Å². The number of rotatable bonds is 6. The van der Waals surface area contributed by atoms with Gasteiger partial charge in [-0.15, -0.1) is 6.58 Å². The van der Waals surface area contributed by atoms with Crippen LogP contribution in [-0.4, -0.2) is 16.1 Å². The predicted octanol–water partition coefficient (Wildman–Crippen LogP) is 7.56. The predicted molar refractivity (Wildman–Crippen MR) is 107 cm³/mol. The van der Waals surface area contributed by atoms with Crippen LogP contribution in [0.15, 0.2) is 11.8 Å². The van der Waals surface area contributed by atoms with Crippen molar-refractivity contribution in [3.63, 3.8) is 0 Å². The summed E-state index contributed by atoms with van der Waals surface area (Å²) in [6.07, 6.45) is 16.4. The van der Waals surface area contributed by atoms with Crippen LogP contribution in [0.5, 0.6) is 0 Å². The van der Waals surface area contributed by atoms with Gasteiger partial charge in [0.25, 0.3) is 0 Å². The SMILES string of the molecule is C=C(CC[Si](C)(C)C1CCCCC1)[Si](C)(C)C1CCCCC1. The quantitative estimate of drug-likeness (QED) is 0.439. The Morgan fingerprint density at radius 1 is 0.773 bits per heavy atom. The maximum atomic E-state index is 4.63. The fraction of sp³-hybridized carbons (Fsp3) is 0.900. The van der Waals surface area contributed by atoms with Gasteiger partial charge < -0.3 is 0 Å². The molecule has 0 heterocycles. The van der Waals surface area contributed by atoms with E-state index in [1.165, 1.54) is 76.7 Å². The second-order valence-corrected chi connectivity index (χ2v) is 19.7. The molecule has 0 nitrogen and oxygen atoms in total. The summed E-state index contributed by atoms with van der Waals surface area (Å²) in [7, 11) is -2.26. The fourth-order valence-electron chi connectivity index (χ4n) is 5.00. The Morgan fingerprint density at radius 2 is 1.23 bits per heavy atom. The molecule has 0 aromatic heterocycles. The topological polar surface area (TPSA) is 0 Å². The number of hydrogen-bond donors (Lipinski definition) is 0. The van der Waals surface area contributed by atoms with E-state index in [0.717, 1.165) is 11.1 Å². The molecule has 0 N–H and O–H groups in total. The molecule has 0 spiro atoms. The lowest BCUT2D eigenvalue weighted by molar-refractivity contribution is 0.490. The zero-order chi connectivity index (χ0) is 16.2.